The first-order valence-corrected chi connectivity index (χ1v) is 5.22. The van der Waals surface area contributed by atoms with Crippen molar-refractivity contribution in [2.45, 2.75) is 26.4 Å². The minimum absolute atomic E-state index is 1.04. The highest BCUT2D eigenvalue weighted by Gasteiger charge is 2.17. The van der Waals surface area contributed by atoms with Gasteiger partial charge in [0, 0.05) is 29.4 Å². The quantitative estimate of drug-likeness (QED) is 0.574. The zero-order chi connectivity index (χ0) is 8.55. The monoisotopic (exact) mass is 277 g/mol. The third-order valence-corrected chi connectivity index (χ3v) is 3.12. The van der Waals surface area contributed by atoms with Gasteiger partial charge in [-0.15, -0.1) is 0 Å². The third kappa shape index (κ3) is 1.37. The number of halogens is 1. The molecule has 0 aromatic carbocycles. The van der Waals surface area contributed by atoms with Gasteiger partial charge in [-0.25, -0.2) is 3.11 Å². The van der Waals surface area contributed by atoms with Gasteiger partial charge in [-0.3, -0.25) is 4.68 Å². The summed E-state index contributed by atoms with van der Waals surface area (Å²) in [7, 11) is 0. The molecule has 2 rings (SSSR count). The summed E-state index contributed by atoms with van der Waals surface area (Å²) in [6.45, 7) is 5.38. The van der Waals surface area contributed by atoms with E-state index in [0.29, 0.717) is 0 Å². The Balaban J connectivity index is 2.34. The average molecular weight is 277 g/mol. The molecule has 3 nitrogen and oxygen atoms in total. The van der Waals surface area contributed by atoms with Crippen LogP contribution in [0.15, 0.2) is 6.20 Å². The molecule has 0 spiro atoms. The van der Waals surface area contributed by atoms with Gasteiger partial charge in [-0.05, 0) is 12.0 Å². The van der Waals surface area contributed by atoms with Crippen molar-refractivity contribution in [3.8, 4) is 0 Å². The van der Waals surface area contributed by atoms with Crippen LogP contribution in [0.5, 0.6) is 0 Å². The van der Waals surface area contributed by atoms with Crippen LogP contribution < -0.4 is 0 Å². The molecule has 0 fully saturated rings. The van der Waals surface area contributed by atoms with Gasteiger partial charge in [0.25, 0.3) is 0 Å². The summed E-state index contributed by atoms with van der Waals surface area (Å²) in [6.07, 6.45) is 3.10. The number of hydrogen-bond acceptors (Lipinski definition) is 2. The van der Waals surface area contributed by atoms with Gasteiger partial charge in [0.05, 0.1) is 25.0 Å². The lowest BCUT2D eigenvalue weighted by Crippen LogP contribution is -2.27. The van der Waals surface area contributed by atoms with E-state index in [1.54, 1.807) is 0 Å². The molecule has 0 amide bonds. The van der Waals surface area contributed by atoms with E-state index < -0.39 is 0 Å². The Kier molecular flexibility index (Phi) is 2.36. The standard InChI is InChI=1S/C8H12IN3/c1-2-7-5-10-12-4-3-11(9)6-8(7)12/h5H,2-4,6H2,1H3. The molecule has 0 bridgehead atoms. The van der Waals surface area contributed by atoms with E-state index in [1.807, 2.05) is 6.20 Å². The fraction of sp³-hybridized carbons (Fsp3) is 0.625. The summed E-state index contributed by atoms with van der Waals surface area (Å²) in [5.41, 5.74) is 2.80. The van der Waals surface area contributed by atoms with Crippen molar-refractivity contribution in [2.24, 2.45) is 0 Å². The lowest BCUT2D eigenvalue weighted by atomic mass is 10.2. The predicted octanol–water partition coefficient (Wildman–Crippen LogP) is 1.61. The first-order chi connectivity index (χ1) is 5.81. The van der Waals surface area contributed by atoms with Crippen LogP contribution >= 0.6 is 22.9 Å². The van der Waals surface area contributed by atoms with Crippen molar-refractivity contribution in [1.82, 2.24) is 12.9 Å². The largest absolute Gasteiger partial charge is 0.267 e. The van der Waals surface area contributed by atoms with Gasteiger partial charge in [0.1, 0.15) is 0 Å². The van der Waals surface area contributed by atoms with Crippen molar-refractivity contribution in [3.05, 3.63) is 17.5 Å². The van der Waals surface area contributed by atoms with Crippen molar-refractivity contribution in [1.29, 1.82) is 0 Å². The van der Waals surface area contributed by atoms with Crippen LogP contribution in [-0.4, -0.2) is 19.4 Å². The minimum atomic E-state index is 1.04. The zero-order valence-electron chi connectivity index (χ0n) is 7.13. The molecular weight excluding hydrogens is 265 g/mol. The van der Waals surface area contributed by atoms with E-state index in [9.17, 15) is 0 Å². The smallest absolute Gasteiger partial charge is 0.0565 e. The fourth-order valence-corrected chi connectivity index (χ4v) is 2.10. The highest BCUT2D eigenvalue weighted by molar-refractivity contribution is 14.1. The number of fused-ring (bicyclic) bond motifs is 1. The third-order valence-electron chi connectivity index (χ3n) is 2.29. The summed E-state index contributed by atoms with van der Waals surface area (Å²) in [4.78, 5) is 0. The lowest BCUT2D eigenvalue weighted by molar-refractivity contribution is 0.378. The van der Waals surface area contributed by atoms with Crippen molar-refractivity contribution >= 4 is 22.9 Å². The number of rotatable bonds is 1. The number of nitrogens with zero attached hydrogens (tertiary/aromatic N) is 3. The van der Waals surface area contributed by atoms with Gasteiger partial charge in [-0.1, -0.05) is 6.92 Å². The van der Waals surface area contributed by atoms with Crippen LogP contribution in [0, 0.1) is 0 Å². The Morgan fingerprint density at radius 1 is 1.58 bits per heavy atom. The van der Waals surface area contributed by atoms with Gasteiger partial charge < -0.3 is 0 Å². The van der Waals surface area contributed by atoms with Gasteiger partial charge in [0.15, 0.2) is 0 Å². The molecule has 2 heterocycles. The molecule has 0 unspecified atom stereocenters. The van der Waals surface area contributed by atoms with E-state index in [1.165, 1.54) is 11.3 Å². The molecule has 1 aromatic heterocycles. The second-order valence-electron chi connectivity index (χ2n) is 3.04. The molecular formula is C8H12IN3. The molecule has 0 atom stereocenters. The fourth-order valence-electron chi connectivity index (χ4n) is 1.57. The minimum Gasteiger partial charge on any atom is -0.267 e. The maximum absolute atomic E-state index is 4.35. The number of aryl methyl sites for hydroxylation is 1. The molecule has 0 aliphatic carbocycles. The highest BCUT2D eigenvalue weighted by atomic mass is 127. The van der Waals surface area contributed by atoms with E-state index in [0.717, 1.165) is 26.1 Å². The van der Waals surface area contributed by atoms with Crippen LogP contribution in [0.25, 0.3) is 0 Å². The summed E-state index contributed by atoms with van der Waals surface area (Å²) >= 11 is 2.38. The molecule has 12 heavy (non-hydrogen) atoms. The van der Waals surface area contributed by atoms with Crippen molar-refractivity contribution in [2.75, 3.05) is 6.54 Å². The summed E-state index contributed by atoms with van der Waals surface area (Å²) < 4.78 is 4.45. The van der Waals surface area contributed by atoms with Gasteiger partial charge in [0.2, 0.25) is 0 Å². The van der Waals surface area contributed by atoms with Crippen LogP contribution in [0.1, 0.15) is 18.2 Å². The number of aromatic nitrogens is 2. The van der Waals surface area contributed by atoms with Crippen LogP contribution in [0.3, 0.4) is 0 Å². The van der Waals surface area contributed by atoms with Crippen molar-refractivity contribution < 1.29 is 0 Å². The topological polar surface area (TPSA) is 21.1 Å². The molecule has 1 aliphatic rings. The Morgan fingerprint density at radius 3 is 3.17 bits per heavy atom. The van der Waals surface area contributed by atoms with Crippen LogP contribution in [0.4, 0.5) is 0 Å². The lowest BCUT2D eigenvalue weighted by Gasteiger charge is -2.22. The van der Waals surface area contributed by atoms with Crippen LogP contribution in [0.2, 0.25) is 0 Å². The second kappa shape index (κ2) is 3.33. The average Bonchev–Trinajstić information content (AvgIpc) is 2.46. The first kappa shape index (κ1) is 8.50. The SMILES string of the molecule is CCc1cnn2c1CN(I)CC2. The van der Waals surface area contributed by atoms with E-state index in [4.69, 9.17) is 0 Å². The maximum atomic E-state index is 4.35. The molecule has 0 saturated heterocycles. The highest BCUT2D eigenvalue weighted by Crippen LogP contribution is 2.18. The molecule has 0 saturated carbocycles. The molecule has 0 N–H and O–H groups in total. The van der Waals surface area contributed by atoms with Crippen molar-refractivity contribution in [3.63, 3.8) is 0 Å². The maximum Gasteiger partial charge on any atom is 0.0565 e. The van der Waals surface area contributed by atoms with Crippen LogP contribution in [-0.2, 0) is 19.5 Å². The molecule has 66 valence electrons. The Bertz CT molecular complexity index is 268. The van der Waals surface area contributed by atoms with E-state index in [-0.39, 0.29) is 0 Å². The molecule has 0 radical (unpaired) electrons. The molecule has 4 heteroatoms. The van der Waals surface area contributed by atoms with E-state index >= 15 is 0 Å². The zero-order valence-corrected chi connectivity index (χ0v) is 9.28. The Labute approximate surface area is 86.2 Å². The summed E-state index contributed by atoms with van der Waals surface area (Å²) in [5, 5.41) is 4.35. The van der Waals surface area contributed by atoms with E-state index in [2.05, 4.69) is 42.7 Å². The summed E-state index contributed by atoms with van der Waals surface area (Å²) in [6, 6.07) is 0. The predicted molar refractivity (Wildman–Crippen MR) is 56.0 cm³/mol. The Hall–Kier alpha value is -0.100. The number of hydrogen-bond donors (Lipinski definition) is 0. The summed E-state index contributed by atoms with van der Waals surface area (Å²) in [5.74, 6) is 0. The second-order valence-corrected chi connectivity index (χ2v) is 4.40. The molecule has 1 aliphatic heterocycles. The first-order valence-electron chi connectivity index (χ1n) is 4.25. The molecule has 1 aromatic rings. The Morgan fingerprint density at radius 2 is 2.42 bits per heavy atom. The normalized spacial score (nSPS) is 17.8. The van der Waals surface area contributed by atoms with Gasteiger partial charge in [-0.2, -0.15) is 5.10 Å². The van der Waals surface area contributed by atoms with Gasteiger partial charge >= 0.3 is 0 Å².